The van der Waals surface area contributed by atoms with Gasteiger partial charge in [0.15, 0.2) is 0 Å². The van der Waals surface area contributed by atoms with Crippen LogP contribution in [0.4, 0.5) is 17.1 Å². The molecule has 3 atom stereocenters. The maximum absolute atomic E-state index is 7.02. The van der Waals surface area contributed by atoms with Gasteiger partial charge in [0, 0.05) is 66.9 Å². The van der Waals surface area contributed by atoms with Crippen LogP contribution in [0.25, 0.3) is 83.8 Å². The van der Waals surface area contributed by atoms with Crippen LogP contribution in [-0.4, -0.2) is 5.60 Å². The van der Waals surface area contributed by atoms with Gasteiger partial charge in [-0.15, -0.1) is 0 Å². The molecule has 0 saturated carbocycles. The molecule has 0 N–H and O–H groups in total. The molecule has 0 amide bonds. The van der Waals surface area contributed by atoms with Crippen molar-refractivity contribution in [1.82, 2.24) is 0 Å². The van der Waals surface area contributed by atoms with Gasteiger partial charge in [0.2, 0.25) is 0 Å². The SMILES string of the molecule is Cc1ccc(N(c2ccc3c(c2)OC2(C)C=c4c(oc5ccc6ccccc6c45)=CC32)c2ccc3c(c2)oc2cc4c(cc23)oc2ccc3c(c24)C(C)CC=C3)c(C)c1. The van der Waals surface area contributed by atoms with E-state index in [1.807, 2.05) is 0 Å². The fourth-order valence-corrected chi connectivity index (χ4v) is 10.6. The molecule has 0 spiro atoms. The van der Waals surface area contributed by atoms with E-state index in [4.69, 9.17) is 18.0 Å². The molecule has 4 heterocycles. The van der Waals surface area contributed by atoms with E-state index in [9.17, 15) is 0 Å². The Kier molecular flexibility index (Phi) is 6.48. The lowest BCUT2D eigenvalue weighted by atomic mass is 9.82. The number of furan rings is 3. The van der Waals surface area contributed by atoms with E-state index in [2.05, 4.69) is 172 Å². The Labute approximate surface area is 339 Å². The Morgan fingerprint density at radius 1 is 0.661 bits per heavy atom. The van der Waals surface area contributed by atoms with Crippen LogP contribution < -0.4 is 20.3 Å². The molecule has 3 aromatic heterocycles. The monoisotopic (exact) mass is 765 g/mol. The minimum atomic E-state index is -0.571. The number of nitrogens with zero attached hydrogens (tertiary/aromatic N) is 1. The highest BCUT2D eigenvalue weighted by atomic mass is 16.5. The number of anilines is 3. The van der Waals surface area contributed by atoms with Crippen LogP contribution in [0.15, 0.2) is 135 Å². The van der Waals surface area contributed by atoms with Crippen molar-refractivity contribution >= 4 is 101 Å². The zero-order valence-corrected chi connectivity index (χ0v) is 33.2. The summed E-state index contributed by atoms with van der Waals surface area (Å²) in [5.41, 5.74) is 14.0. The second-order valence-corrected chi connectivity index (χ2v) is 17.2. The molecule has 10 aromatic rings. The van der Waals surface area contributed by atoms with Crippen LogP contribution in [0.2, 0.25) is 0 Å². The number of rotatable bonds is 3. The molecule has 0 radical (unpaired) electrons. The average Bonchev–Trinajstić information content (AvgIpc) is 3.97. The molecule has 7 aromatic carbocycles. The first-order chi connectivity index (χ1) is 28.8. The fraction of sp³-hybridized carbons (Fsp3) is 0.148. The van der Waals surface area contributed by atoms with E-state index in [1.54, 1.807) is 0 Å². The molecule has 1 aliphatic heterocycles. The van der Waals surface area contributed by atoms with Crippen molar-refractivity contribution in [1.29, 1.82) is 0 Å². The minimum Gasteiger partial charge on any atom is -0.482 e. The molecular weight excluding hydrogens is 727 g/mol. The molecule has 0 bridgehead atoms. The number of ether oxygens (including phenoxy) is 1. The predicted octanol–water partition coefficient (Wildman–Crippen LogP) is 13.5. The van der Waals surface area contributed by atoms with Crippen molar-refractivity contribution in [2.24, 2.45) is 0 Å². The van der Waals surface area contributed by atoms with Crippen molar-refractivity contribution in [3.05, 3.63) is 160 Å². The predicted molar refractivity (Wildman–Crippen MR) is 241 cm³/mol. The largest absolute Gasteiger partial charge is 0.482 e. The Bertz CT molecular complexity index is 3650. The summed E-state index contributed by atoms with van der Waals surface area (Å²) in [6, 6.07) is 41.3. The first-order valence-electron chi connectivity index (χ1n) is 20.7. The van der Waals surface area contributed by atoms with Gasteiger partial charge < -0.3 is 22.9 Å². The molecule has 3 aliphatic rings. The number of allylic oxidation sites excluding steroid dienone is 1. The summed E-state index contributed by atoms with van der Waals surface area (Å²) < 4.78 is 26.8. The Balaban J connectivity index is 0.944. The molecule has 5 nitrogen and oxygen atoms in total. The van der Waals surface area contributed by atoms with Crippen molar-refractivity contribution in [3.8, 4) is 5.75 Å². The standard InChI is InChI=1S/C54H39NO4/c1-29-12-19-43(31(3)22-29)55(34-15-17-37-39-25-48-40(26-47(39)58-46(37)23-34)53-45(57-48)21-14-33-10-7-8-30(2)51(33)53)35-16-18-38-42-27-49-41(28-54(42,4)59-50(38)24-35)52-36-11-6-5-9-32(36)13-20-44(52)56-49/h5-7,9-28,30,42H,8H2,1-4H3. The number of fused-ring (bicyclic) bond motifs is 16. The third-order valence-corrected chi connectivity index (χ3v) is 13.4. The number of hydrogen-bond donors (Lipinski definition) is 0. The highest BCUT2D eigenvalue weighted by Gasteiger charge is 2.44. The molecule has 13 rings (SSSR count). The van der Waals surface area contributed by atoms with Gasteiger partial charge in [-0.05, 0) is 121 Å². The topological polar surface area (TPSA) is 51.9 Å². The number of benzene rings is 7. The summed E-state index contributed by atoms with van der Waals surface area (Å²) in [7, 11) is 0. The normalized spacial score (nSPS) is 19.2. The Morgan fingerprint density at radius 2 is 1.44 bits per heavy atom. The Morgan fingerprint density at radius 3 is 2.36 bits per heavy atom. The van der Waals surface area contributed by atoms with Gasteiger partial charge in [0.05, 0.1) is 5.92 Å². The summed E-state index contributed by atoms with van der Waals surface area (Å²) in [6.45, 7) is 8.83. The highest BCUT2D eigenvalue weighted by Crippen LogP contribution is 2.51. The van der Waals surface area contributed by atoms with E-state index in [0.717, 1.165) is 94.9 Å². The summed E-state index contributed by atoms with van der Waals surface area (Å²) in [5.74, 6) is 1.31. The first-order valence-corrected chi connectivity index (χ1v) is 20.7. The molecule has 59 heavy (non-hydrogen) atoms. The van der Waals surface area contributed by atoms with Gasteiger partial charge in [-0.2, -0.15) is 0 Å². The van der Waals surface area contributed by atoms with Crippen LogP contribution >= 0.6 is 0 Å². The maximum atomic E-state index is 7.02. The van der Waals surface area contributed by atoms with Crippen LogP contribution in [0.5, 0.6) is 5.75 Å². The number of aryl methyl sites for hydroxylation is 2. The van der Waals surface area contributed by atoms with Crippen molar-refractivity contribution < 1.29 is 18.0 Å². The smallest absolute Gasteiger partial charge is 0.137 e. The van der Waals surface area contributed by atoms with Gasteiger partial charge in [-0.1, -0.05) is 79.2 Å². The van der Waals surface area contributed by atoms with Crippen LogP contribution in [0.1, 0.15) is 59.9 Å². The maximum Gasteiger partial charge on any atom is 0.137 e. The zero-order chi connectivity index (χ0) is 39.3. The van der Waals surface area contributed by atoms with Gasteiger partial charge in [0.25, 0.3) is 0 Å². The lowest BCUT2D eigenvalue weighted by molar-refractivity contribution is 0.176. The summed E-state index contributed by atoms with van der Waals surface area (Å²) in [4.78, 5) is 2.33. The lowest BCUT2D eigenvalue weighted by Crippen LogP contribution is -2.40. The fourth-order valence-electron chi connectivity index (χ4n) is 10.6. The molecule has 2 aliphatic carbocycles. The third-order valence-electron chi connectivity index (χ3n) is 13.4. The van der Waals surface area contributed by atoms with Crippen molar-refractivity contribution in [3.63, 3.8) is 0 Å². The molecule has 5 heteroatoms. The van der Waals surface area contributed by atoms with Crippen LogP contribution in [-0.2, 0) is 0 Å². The minimum absolute atomic E-state index is 0.00934. The van der Waals surface area contributed by atoms with Crippen molar-refractivity contribution in [2.45, 2.75) is 51.6 Å². The zero-order valence-electron chi connectivity index (χ0n) is 33.2. The van der Waals surface area contributed by atoms with Crippen molar-refractivity contribution in [2.75, 3.05) is 4.90 Å². The van der Waals surface area contributed by atoms with E-state index < -0.39 is 5.60 Å². The van der Waals surface area contributed by atoms with Gasteiger partial charge in [-0.25, -0.2) is 0 Å². The third kappa shape index (κ3) is 4.61. The lowest BCUT2D eigenvalue weighted by Gasteiger charge is -2.28. The van der Waals surface area contributed by atoms with E-state index in [1.165, 1.54) is 38.4 Å². The second kappa shape index (κ2) is 11.6. The van der Waals surface area contributed by atoms with Gasteiger partial charge in [-0.3, -0.25) is 0 Å². The highest BCUT2D eigenvalue weighted by molar-refractivity contribution is 6.16. The first kappa shape index (κ1) is 33.0. The quantitative estimate of drug-likeness (QED) is 0.179. The van der Waals surface area contributed by atoms with Crippen LogP contribution in [0.3, 0.4) is 0 Å². The molecular formula is C54H39NO4. The van der Waals surface area contributed by atoms with Gasteiger partial charge in [0.1, 0.15) is 44.7 Å². The number of hydrogen-bond acceptors (Lipinski definition) is 5. The Hall–Kier alpha value is -6.98. The molecule has 0 saturated heterocycles. The summed E-state index contributed by atoms with van der Waals surface area (Å²) in [5, 5.41) is 9.05. The second-order valence-electron chi connectivity index (χ2n) is 17.2. The van der Waals surface area contributed by atoms with E-state index >= 15 is 0 Å². The average molecular weight is 766 g/mol. The molecule has 0 fully saturated rings. The molecule has 3 unspecified atom stereocenters. The summed E-state index contributed by atoms with van der Waals surface area (Å²) >= 11 is 0. The summed E-state index contributed by atoms with van der Waals surface area (Å²) in [6.07, 6.45) is 10.1. The van der Waals surface area contributed by atoms with Gasteiger partial charge >= 0.3 is 0 Å². The van der Waals surface area contributed by atoms with E-state index in [0.29, 0.717) is 5.92 Å². The molecule has 284 valence electrons. The van der Waals surface area contributed by atoms with E-state index in [-0.39, 0.29) is 5.92 Å². The van der Waals surface area contributed by atoms with Crippen LogP contribution in [0, 0.1) is 13.8 Å².